The Hall–Kier alpha value is -2.98. The zero-order chi connectivity index (χ0) is 25.6. The first-order valence-corrected chi connectivity index (χ1v) is 13.0. The first kappa shape index (κ1) is 27.6. The molecule has 1 aliphatic carbocycles. The summed E-state index contributed by atoms with van der Waals surface area (Å²) >= 11 is 0. The Morgan fingerprint density at radius 2 is 1.61 bits per heavy atom. The Bertz CT molecular complexity index is 908. The van der Waals surface area contributed by atoms with Crippen molar-refractivity contribution in [3.8, 4) is 0 Å². The Labute approximate surface area is 214 Å². The van der Waals surface area contributed by atoms with Crippen LogP contribution >= 0.6 is 0 Å². The van der Waals surface area contributed by atoms with Crippen molar-refractivity contribution in [3.05, 3.63) is 35.9 Å². The van der Waals surface area contributed by atoms with E-state index in [1.807, 2.05) is 18.2 Å². The summed E-state index contributed by atoms with van der Waals surface area (Å²) in [6, 6.07) is 9.83. The SMILES string of the molecule is CC(C)Nc1nc(NCCOCCOCCNC(=O)c2ccccc2)nc(N(C)C2CCCCC2)n1. The highest BCUT2D eigenvalue weighted by Crippen LogP contribution is 2.25. The lowest BCUT2D eigenvalue weighted by Crippen LogP contribution is -2.35. The molecule has 36 heavy (non-hydrogen) atoms. The fourth-order valence-corrected chi connectivity index (χ4v) is 4.04. The molecule has 2 aromatic rings. The molecule has 0 unspecified atom stereocenters. The van der Waals surface area contributed by atoms with Crippen LogP contribution in [0.5, 0.6) is 0 Å². The molecular formula is C26H41N7O3. The van der Waals surface area contributed by atoms with Gasteiger partial charge in [-0.05, 0) is 38.8 Å². The second-order valence-electron chi connectivity index (χ2n) is 9.26. The number of nitrogens with one attached hydrogen (secondary N) is 3. The largest absolute Gasteiger partial charge is 0.377 e. The lowest BCUT2D eigenvalue weighted by molar-refractivity contribution is 0.0519. The molecule has 0 aliphatic heterocycles. The normalized spacial score (nSPS) is 14.0. The van der Waals surface area contributed by atoms with E-state index in [-0.39, 0.29) is 11.9 Å². The summed E-state index contributed by atoms with van der Waals surface area (Å²) in [7, 11) is 2.07. The molecule has 1 saturated carbocycles. The number of ether oxygens (including phenoxy) is 2. The molecule has 0 saturated heterocycles. The molecule has 0 radical (unpaired) electrons. The number of anilines is 3. The zero-order valence-corrected chi connectivity index (χ0v) is 21.8. The number of amides is 1. The zero-order valence-electron chi connectivity index (χ0n) is 21.8. The van der Waals surface area contributed by atoms with E-state index in [2.05, 4.69) is 56.7 Å². The number of carbonyl (C=O) groups is 1. The predicted octanol–water partition coefficient (Wildman–Crippen LogP) is 3.34. The first-order valence-electron chi connectivity index (χ1n) is 13.0. The smallest absolute Gasteiger partial charge is 0.251 e. The fourth-order valence-electron chi connectivity index (χ4n) is 4.04. The van der Waals surface area contributed by atoms with Crippen molar-refractivity contribution < 1.29 is 14.3 Å². The van der Waals surface area contributed by atoms with Gasteiger partial charge in [0, 0.05) is 37.8 Å². The molecular weight excluding hydrogens is 458 g/mol. The van der Waals surface area contributed by atoms with Crippen LogP contribution in [0.3, 0.4) is 0 Å². The summed E-state index contributed by atoms with van der Waals surface area (Å²) in [5.41, 5.74) is 0.645. The van der Waals surface area contributed by atoms with Crippen LogP contribution in [0.4, 0.5) is 17.8 Å². The molecule has 198 valence electrons. The molecule has 10 nitrogen and oxygen atoms in total. The Balaban J connectivity index is 1.33. The molecule has 1 amide bonds. The van der Waals surface area contributed by atoms with Crippen LogP contribution in [-0.2, 0) is 9.47 Å². The monoisotopic (exact) mass is 499 g/mol. The van der Waals surface area contributed by atoms with E-state index in [4.69, 9.17) is 9.47 Å². The molecule has 10 heteroatoms. The average Bonchev–Trinajstić information content (AvgIpc) is 2.89. The quantitative estimate of drug-likeness (QED) is 0.318. The maximum absolute atomic E-state index is 12.0. The lowest BCUT2D eigenvalue weighted by Gasteiger charge is -2.31. The van der Waals surface area contributed by atoms with Gasteiger partial charge in [-0.15, -0.1) is 0 Å². The minimum atomic E-state index is -0.0975. The summed E-state index contributed by atoms with van der Waals surface area (Å²) in [4.78, 5) is 28.0. The van der Waals surface area contributed by atoms with Gasteiger partial charge in [0.05, 0.1) is 26.4 Å². The number of nitrogens with zero attached hydrogens (tertiary/aromatic N) is 4. The maximum atomic E-state index is 12.0. The number of hydrogen-bond acceptors (Lipinski definition) is 9. The Morgan fingerprint density at radius 3 is 2.31 bits per heavy atom. The van der Waals surface area contributed by atoms with E-state index in [0.29, 0.717) is 69.0 Å². The van der Waals surface area contributed by atoms with Crippen LogP contribution in [0, 0.1) is 0 Å². The molecule has 0 bridgehead atoms. The third-order valence-electron chi connectivity index (χ3n) is 5.95. The summed E-state index contributed by atoms with van der Waals surface area (Å²) in [5, 5.41) is 9.38. The second kappa shape index (κ2) is 15.2. The molecule has 3 rings (SSSR count). The van der Waals surface area contributed by atoms with Crippen molar-refractivity contribution >= 4 is 23.8 Å². The van der Waals surface area contributed by atoms with Gasteiger partial charge in [0.15, 0.2) is 0 Å². The van der Waals surface area contributed by atoms with Gasteiger partial charge in [0.2, 0.25) is 17.8 Å². The number of carbonyl (C=O) groups excluding carboxylic acids is 1. The highest BCUT2D eigenvalue weighted by molar-refractivity contribution is 5.94. The molecule has 1 heterocycles. The van der Waals surface area contributed by atoms with Crippen LogP contribution in [0.2, 0.25) is 0 Å². The Morgan fingerprint density at radius 1 is 0.944 bits per heavy atom. The van der Waals surface area contributed by atoms with Crippen LogP contribution in [-0.4, -0.2) is 79.5 Å². The van der Waals surface area contributed by atoms with Crippen molar-refractivity contribution in [2.24, 2.45) is 0 Å². The molecule has 1 aliphatic rings. The second-order valence-corrected chi connectivity index (χ2v) is 9.26. The van der Waals surface area contributed by atoms with Gasteiger partial charge in [0.25, 0.3) is 5.91 Å². The van der Waals surface area contributed by atoms with Gasteiger partial charge in [-0.3, -0.25) is 4.79 Å². The van der Waals surface area contributed by atoms with Crippen LogP contribution in [0.15, 0.2) is 30.3 Å². The molecule has 0 spiro atoms. The topological polar surface area (TPSA) is 114 Å². The molecule has 1 aromatic heterocycles. The van der Waals surface area contributed by atoms with E-state index < -0.39 is 0 Å². The van der Waals surface area contributed by atoms with Crippen molar-refractivity contribution in [1.82, 2.24) is 20.3 Å². The first-order chi connectivity index (χ1) is 17.5. The number of hydrogen-bond donors (Lipinski definition) is 3. The number of rotatable bonds is 15. The van der Waals surface area contributed by atoms with E-state index in [1.165, 1.54) is 32.1 Å². The lowest BCUT2D eigenvalue weighted by atomic mass is 9.95. The van der Waals surface area contributed by atoms with Gasteiger partial charge in [-0.25, -0.2) is 0 Å². The van der Waals surface area contributed by atoms with Gasteiger partial charge in [0.1, 0.15) is 0 Å². The third kappa shape index (κ3) is 9.58. The number of aromatic nitrogens is 3. The van der Waals surface area contributed by atoms with E-state index in [0.717, 1.165) is 0 Å². The number of benzene rings is 1. The van der Waals surface area contributed by atoms with Crippen LogP contribution in [0.1, 0.15) is 56.3 Å². The summed E-state index contributed by atoms with van der Waals surface area (Å²) in [6.45, 7) is 7.04. The van der Waals surface area contributed by atoms with Gasteiger partial charge in [-0.2, -0.15) is 15.0 Å². The highest BCUT2D eigenvalue weighted by Gasteiger charge is 2.21. The van der Waals surface area contributed by atoms with Crippen LogP contribution < -0.4 is 20.9 Å². The molecule has 1 aromatic carbocycles. The van der Waals surface area contributed by atoms with Crippen molar-refractivity contribution in [2.45, 2.75) is 58.0 Å². The van der Waals surface area contributed by atoms with Crippen molar-refractivity contribution in [2.75, 3.05) is 62.1 Å². The van der Waals surface area contributed by atoms with E-state index in [9.17, 15) is 4.79 Å². The minimum absolute atomic E-state index is 0.0975. The van der Waals surface area contributed by atoms with Crippen molar-refractivity contribution in [3.63, 3.8) is 0 Å². The minimum Gasteiger partial charge on any atom is -0.377 e. The summed E-state index contributed by atoms with van der Waals surface area (Å²) < 4.78 is 11.2. The third-order valence-corrected chi connectivity index (χ3v) is 5.95. The fraction of sp³-hybridized carbons (Fsp3) is 0.615. The Kier molecular flexibility index (Phi) is 11.7. The standard InChI is InChI=1S/C26H41N7O3/c1-20(2)29-25-30-24(31-26(32-25)33(3)22-12-8-5-9-13-22)28-15-17-36-19-18-35-16-14-27-23(34)21-10-6-4-7-11-21/h4,6-7,10-11,20,22H,5,8-9,12-19H2,1-3H3,(H,27,34)(H2,28,29,30,31,32). The highest BCUT2D eigenvalue weighted by atomic mass is 16.5. The molecule has 0 atom stereocenters. The van der Waals surface area contributed by atoms with Gasteiger partial charge < -0.3 is 30.3 Å². The van der Waals surface area contributed by atoms with Gasteiger partial charge in [-0.1, -0.05) is 37.5 Å². The maximum Gasteiger partial charge on any atom is 0.251 e. The van der Waals surface area contributed by atoms with Crippen molar-refractivity contribution in [1.29, 1.82) is 0 Å². The molecule has 1 fully saturated rings. The predicted molar refractivity (Wildman–Crippen MR) is 143 cm³/mol. The van der Waals surface area contributed by atoms with Gasteiger partial charge >= 0.3 is 0 Å². The molecule has 3 N–H and O–H groups in total. The summed E-state index contributed by atoms with van der Waals surface area (Å²) in [5.74, 6) is 1.71. The average molecular weight is 500 g/mol. The van der Waals surface area contributed by atoms with E-state index in [1.54, 1.807) is 12.1 Å². The van der Waals surface area contributed by atoms with Crippen LogP contribution in [0.25, 0.3) is 0 Å². The van der Waals surface area contributed by atoms with E-state index >= 15 is 0 Å². The summed E-state index contributed by atoms with van der Waals surface area (Å²) in [6.07, 6.45) is 6.17.